The number of aromatic nitrogens is 2. The lowest BCUT2D eigenvalue weighted by Gasteiger charge is -2.41. The van der Waals surface area contributed by atoms with Crippen molar-refractivity contribution in [2.45, 2.75) is 78.6 Å². The van der Waals surface area contributed by atoms with Gasteiger partial charge in [-0.05, 0) is 110 Å². The van der Waals surface area contributed by atoms with Gasteiger partial charge in [0.15, 0.2) is 5.58 Å². The minimum atomic E-state index is -0.151. The van der Waals surface area contributed by atoms with E-state index in [0.29, 0.717) is 0 Å². The standard InChI is InChI=1S/C59H53BN4O/c1-57(2,3)36-24-28-39(29-25-36)62(40-30-26-37(27-31-40)58(4,5)6)52-33-32-46-56(61-52)64(48-22-15-19-44-42-17-11-13-23-51(42)65-55(44)48)50-35-38(59(7,8)9)34-49-53(50)60(46)45-20-14-18-43-41-16-10-12-21-47(41)63(49)54(43)45/h10-35H,1-9H3. The van der Waals surface area contributed by atoms with Gasteiger partial charge < -0.3 is 8.98 Å². The van der Waals surface area contributed by atoms with Gasteiger partial charge in [0.05, 0.1) is 11.2 Å². The Hall–Kier alpha value is -7.05. The summed E-state index contributed by atoms with van der Waals surface area (Å²) in [5.74, 6) is 1.74. The molecule has 0 unspecified atom stereocenters. The van der Waals surface area contributed by atoms with E-state index in [1.807, 2.05) is 0 Å². The van der Waals surface area contributed by atoms with Gasteiger partial charge in [0.1, 0.15) is 17.2 Å². The number of hydrogen-bond donors (Lipinski definition) is 0. The van der Waals surface area contributed by atoms with Gasteiger partial charge in [-0.25, -0.2) is 4.98 Å². The van der Waals surface area contributed by atoms with E-state index in [0.717, 1.165) is 61.8 Å². The van der Waals surface area contributed by atoms with Crippen molar-refractivity contribution in [3.05, 3.63) is 174 Å². The average Bonchev–Trinajstić information content (AvgIpc) is 3.84. The van der Waals surface area contributed by atoms with E-state index in [1.165, 1.54) is 55.1 Å². The number of benzene rings is 7. The second kappa shape index (κ2) is 13.7. The Morgan fingerprint density at radius 3 is 1.75 bits per heavy atom. The van der Waals surface area contributed by atoms with Crippen LogP contribution in [0.4, 0.5) is 34.4 Å². The Labute approximate surface area is 382 Å². The molecule has 12 rings (SSSR count). The molecule has 6 heteroatoms. The van der Waals surface area contributed by atoms with Crippen LogP contribution in [0, 0.1) is 0 Å². The Morgan fingerprint density at radius 1 is 0.492 bits per heavy atom. The molecule has 0 bridgehead atoms. The maximum atomic E-state index is 6.92. The lowest BCUT2D eigenvalue weighted by Crippen LogP contribution is -2.60. The fraction of sp³-hybridized carbons (Fsp3) is 0.203. The molecule has 0 saturated carbocycles. The number of fused-ring (bicyclic) bond motifs is 10. The van der Waals surface area contributed by atoms with Crippen molar-refractivity contribution in [3.63, 3.8) is 0 Å². The minimum Gasteiger partial charge on any atom is -0.454 e. The van der Waals surface area contributed by atoms with Gasteiger partial charge in [-0.3, -0.25) is 9.80 Å². The molecule has 2 aliphatic heterocycles. The first-order valence-corrected chi connectivity index (χ1v) is 23.1. The van der Waals surface area contributed by atoms with Gasteiger partial charge >= 0.3 is 0 Å². The summed E-state index contributed by atoms with van der Waals surface area (Å²) in [6.45, 7) is 20.5. The highest BCUT2D eigenvalue weighted by Gasteiger charge is 2.44. The van der Waals surface area contributed by atoms with E-state index in [-0.39, 0.29) is 23.0 Å². The number of anilines is 6. The van der Waals surface area contributed by atoms with Crippen molar-refractivity contribution >= 4 is 101 Å². The summed E-state index contributed by atoms with van der Waals surface area (Å²) in [5.41, 5.74) is 17.1. The third-order valence-electron chi connectivity index (χ3n) is 14.1. The first-order chi connectivity index (χ1) is 31.1. The highest BCUT2D eigenvalue weighted by molar-refractivity contribution is 7.00. The van der Waals surface area contributed by atoms with Crippen LogP contribution in [0.15, 0.2) is 162 Å². The number of furan rings is 1. The van der Waals surface area contributed by atoms with Crippen molar-refractivity contribution in [2.24, 2.45) is 0 Å². The highest BCUT2D eigenvalue weighted by atomic mass is 16.3. The van der Waals surface area contributed by atoms with Crippen molar-refractivity contribution in [1.82, 2.24) is 9.55 Å². The molecular formula is C59H53BN4O. The summed E-state index contributed by atoms with van der Waals surface area (Å²) in [4.78, 5) is 10.7. The number of para-hydroxylation sites is 4. The summed E-state index contributed by atoms with van der Waals surface area (Å²) in [6, 6.07) is 58.3. The topological polar surface area (TPSA) is 37.4 Å². The molecule has 5 heterocycles. The molecule has 10 aromatic rings. The monoisotopic (exact) mass is 844 g/mol. The van der Waals surface area contributed by atoms with Gasteiger partial charge in [0.2, 0.25) is 0 Å². The van der Waals surface area contributed by atoms with Crippen LogP contribution in [0.1, 0.15) is 79.0 Å². The highest BCUT2D eigenvalue weighted by Crippen LogP contribution is 2.47. The molecule has 0 N–H and O–H groups in total. The molecule has 0 radical (unpaired) electrons. The number of hydrogen-bond acceptors (Lipinski definition) is 4. The van der Waals surface area contributed by atoms with Crippen LogP contribution in [-0.2, 0) is 16.2 Å². The molecule has 0 atom stereocenters. The third-order valence-corrected chi connectivity index (χ3v) is 14.1. The lowest BCUT2D eigenvalue weighted by molar-refractivity contribution is 0.590. The van der Waals surface area contributed by atoms with Crippen molar-refractivity contribution in [1.29, 1.82) is 0 Å². The largest absolute Gasteiger partial charge is 0.454 e. The fourth-order valence-corrected chi connectivity index (χ4v) is 10.6. The molecule has 318 valence electrons. The Balaban J connectivity index is 1.19. The molecule has 3 aromatic heterocycles. The molecule has 0 amide bonds. The lowest BCUT2D eigenvalue weighted by atomic mass is 9.34. The smallest absolute Gasteiger partial charge is 0.254 e. The minimum absolute atomic E-state index is 0.0205. The van der Waals surface area contributed by atoms with Gasteiger partial charge in [-0.15, -0.1) is 0 Å². The maximum absolute atomic E-state index is 6.92. The van der Waals surface area contributed by atoms with Crippen LogP contribution in [0.2, 0.25) is 0 Å². The summed E-state index contributed by atoms with van der Waals surface area (Å²) in [5, 5.41) is 4.73. The predicted octanol–water partition coefficient (Wildman–Crippen LogP) is 14.1. The SMILES string of the molecule is CC(C)(C)c1ccc(N(c2ccc(C(C)(C)C)cc2)c2ccc3c(n2)N(c2cccc4c2oc2ccccc24)c2cc(C(C)(C)C)cc4c2B3c2cccc3c5ccccc5n-4c23)cc1. The van der Waals surface area contributed by atoms with Gasteiger partial charge in [-0.1, -0.05) is 159 Å². The number of nitrogens with zero attached hydrogens (tertiary/aromatic N) is 4. The molecule has 65 heavy (non-hydrogen) atoms. The zero-order chi connectivity index (χ0) is 44.7. The number of rotatable bonds is 4. The zero-order valence-corrected chi connectivity index (χ0v) is 38.8. The van der Waals surface area contributed by atoms with Gasteiger partial charge in [0.25, 0.3) is 6.71 Å². The van der Waals surface area contributed by atoms with Crippen LogP contribution in [0.3, 0.4) is 0 Å². The zero-order valence-electron chi connectivity index (χ0n) is 38.8. The van der Waals surface area contributed by atoms with E-state index >= 15 is 0 Å². The van der Waals surface area contributed by atoms with Gasteiger partial charge in [-0.2, -0.15) is 0 Å². The van der Waals surface area contributed by atoms with Crippen molar-refractivity contribution < 1.29 is 4.42 Å². The normalized spacial score (nSPS) is 13.6. The van der Waals surface area contributed by atoms with Crippen molar-refractivity contribution in [3.8, 4) is 5.69 Å². The van der Waals surface area contributed by atoms with Crippen LogP contribution < -0.4 is 26.2 Å². The molecule has 7 aromatic carbocycles. The molecule has 0 spiro atoms. The van der Waals surface area contributed by atoms with E-state index in [4.69, 9.17) is 9.40 Å². The molecule has 5 nitrogen and oxygen atoms in total. The number of pyridine rings is 1. The van der Waals surface area contributed by atoms with Crippen LogP contribution in [0.5, 0.6) is 0 Å². The van der Waals surface area contributed by atoms with E-state index in [9.17, 15) is 0 Å². The quantitative estimate of drug-likeness (QED) is 0.165. The van der Waals surface area contributed by atoms with Gasteiger partial charge in [0, 0.05) is 49.8 Å². The molecule has 0 aliphatic carbocycles. The van der Waals surface area contributed by atoms with Crippen molar-refractivity contribution in [2.75, 3.05) is 9.80 Å². The summed E-state index contributed by atoms with van der Waals surface area (Å²) < 4.78 is 9.46. The summed E-state index contributed by atoms with van der Waals surface area (Å²) in [6.07, 6.45) is 0. The second-order valence-corrected chi connectivity index (χ2v) is 21.3. The molecule has 0 fully saturated rings. The van der Waals surface area contributed by atoms with E-state index in [2.05, 4.69) is 234 Å². The summed E-state index contributed by atoms with van der Waals surface area (Å²) >= 11 is 0. The first kappa shape index (κ1) is 39.5. The molecule has 2 aliphatic rings. The average molecular weight is 845 g/mol. The Morgan fingerprint density at radius 2 is 1.08 bits per heavy atom. The van der Waals surface area contributed by atoms with Crippen LogP contribution >= 0.6 is 0 Å². The van der Waals surface area contributed by atoms with E-state index < -0.39 is 0 Å². The van der Waals surface area contributed by atoms with E-state index in [1.54, 1.807) is 0 Å². The Bertz CT molecular complexity index is 3500. The summed E-state index contributed by atoms with van der Waals surface area (Å²) in [7, 11) is 0. The predicted molar refractivity (Wildman–Crippen MR) is 276 cm³/mol. The molecular weight excluding hydrogens is 791 g/mol. The maximum Gasteiger partial charge on any atom is 0.254 e. The molecule has 0 saturated heterocycles. The third kappa shape index (κ3) is 5.95. The first-order valence-electron chi connectivity index (χ1n) is 23.1. The fourth-order valence-electron chi connectivity index (χ4n) is 10.6. The van der Waals surface area contributed by atoms with Crippen LogP contribution in [0.25, 0.3) is 49.4 Å². The van der Waals surface area contributed by atoms with Crippen LogP contribution in [-0.4, -0.2) is 16.3 Å². The Kier molecular flexibility index (Phi) is 8.35. The second-order valence-electron chi connectivity index (χ2n) is 21.3.